The third kappa shape index (κ3) is 2.20. The van der Waals surface area contributed by atoms with E-state index >= 15 is 0 Å². The van der Waals surface area contributed by atoms with Crippen molar-refractivity contribution in [3.63, 3.8) is 0 Å². The maximum atomic E-state index is 5.23. The summed E-state index contributed by atoms with van der Waals surface area (Å²) in [5.74, 6) is 1.66. The third-order valence-electron chi connectivity index (χ3n) is 2.56. The highest BCUT2D eigenvalue weighted by molar-refractivity contribution is 5.85. The second-order valence-electron chi connectivity index (χ2n) is 3.64. The second-order valence-corrected chi connectivity index (χ2v) is 3.64. The van der Waals surface area contributed by atoms with Gasteiger partial charge in [-0.15, -0.1) is 12.4 Å². The van der Waals surface area contributed by atoms with Crippen molar-refractivity contribution in [3.05, 3.63) is 29.3 Å². The minimum atomic E-state index is 0. The summed E-state index contributed by atoms with van der Waals surface area (Å²) in [7, 11) is 1.72. The van der Waals surface area contributed by atoms with Gasteiger partial charge in [-0.05, 0) is 30.2 Å². The van der Waals surface area contributed by atoms with E-state index in [4.69, 9.17) is 4.74 Å². The molecule has 0 amide bonds. The lowest BCUT2D eigenvalue weighted by atomic mass is 9.92. The van der Waals surface area contributed by atoms with Crippen molar-refractivity contribution in [1.29, 1.82) is 0 Å². The van der Waals surface area contributed by atoms with Crippen LogP contribution in [0.15, 0.2) is 18.2 Å². The Labute approximate surface area is 91.1 Å². The highest BCUT2D eigenvalue weighted by Gasteiger charge is 2.19. The SMILES string of the molecule is COc1cc(C)cc(C2CNC2)c1.Cl. The predicted molar refractivity (Wildman–Crippen MR) is 60.6 cm³/mol. The van der Waals surface area contributed by atoms with E-state index in [0.717, 1.165) is 18.8 Å². The molecule has 0 aromatic heterocycles. The minimum absolute atomic E-state index is 0. The molecule has 0 unspecified atom stereocenters. The Morgan fingerprint density at radius 1 is 1.29 bits per heavy atom. The molecule has 1 N–H and O–H groups in total. The molecule has 2 nitrogen and oxygen atoms in total. The van der Waals surface area contributed by atoms with Gasteiger partial charge in [0.25, 0.3) is 0 Å². The highest BCUT2D eigenvalue weighted by Crippen LogP contribution is 2.25. The molecule has 3 heteroatoms. The van der Waals surface area contributed by atoms with Crippen LogP contribution in [-0.4, -0.2) is 20.2 Å². The maximum absolute atomic E-state index is 5.23. The summed E-state index contributed by atoms with van der Waals surface area (Å²) in [5.41, 5.74) is 2.68. The van der Waals surface area contributed by atoms with Crippen molar-refractivity contribution in [2.75, 3.05) is 20.2 Å². The average molecular weight is 214 g/mol. The van der Waals surface area contributed by atoms with Gasteiger partial charge in [-0.1, -0.05) is 6.07 Å². The molecule has 1 fully saturated rings. The number of methoxy groups -OCH3 is 1. The van der Waals surface area contributed by atoms with Crippen LogP contribution in [0.1, 0.15) is 17.0 Å². The second kappa shape index (κ2) is 4.67. The van der Waals surface area contributed by atoms with Gasteiger partial charge in [-0.25, -0.2) is 0 Å². The Morgan fingerprint density at radius 2 is 2.00 bits per heavy atom. The summed E-state index contributed by atoms with van der Waals surface area (Å²) in [6.07, 6.45) is 0. The summed E-state index contributed by atoms with van der Waals surface area (Å²) in [4.78, 5) is 0. The molecule has 1 aliphatic rings. The third-order valence-corrected chi connectivity index (χ3v) is 2.56. The Hall–Kier alpha value is -0.730. The molecule has 0 atom stereocenters. The van der Waals surface area contributed by atoms with Crippen LogP contribution in [0.5, 0.6) is 5.75 Å². The molecule has 1 saturated heterocycles. The Bertz CT molecular complexity index is 310. The van der Waals surface area contributed by atoms with E-state index in [1.165, 1.54) is 11.1 Å². The zero-order valence-electron chi connectivity index (χ0n) is 8.54. The lowest BCUT2D eigenvalue weighted by Gasteiger charge is -2.28. The first-order valence-corrected chi connectivity index (χ1v) is 4.66. The first-order chi connectivity index (χ1) is 6.29. The van der Waals surface area contributed by atoms with Crippen LogP contribution in [0.4, 0.5) is 0 Å². The molecule has 78 valence electrons. The van der Waals surface area contributed by atoms with E-state index in [1.807, 2.05) is 0 Å². The summed E-state index contributed by atoms with van der Waals surface area (Å²) in [6, 6.07) is 6.45. The van der Waals surface area contributed by atoms with Crippen LogP contribution >= 0.6 is 12.4 Å². The van der Waals surface area contributed by atoms with Crippen LogP contribution in [0.25, 0.3) is 0 Å². The van der Waals surface area contributed by atoms with Crippen molar-refractivity contribution >= 4 is 12.4 Å². The molecule has 1 aromatic rings. The molecule has 2 rings (SSSR count). The fourth-order valence-corrected chi connectivity index (χ4v) is 1.65. The molecule has 1 aliphatic heterocycles. The summed E-state index contributed by atoms with van der Waals surface area (Å²) in [6.45, 7) is 4.32. The fourth-order valence-electron chi connectivity index (χ4n) is 1.65. The van der Waals surface area contributed by atoms with Gasteiger partial charge in [0.15, 0.2) is 0 Å². The Kier molecular flexibility index (Phi) is 3.78. The fraction of sp³-hybridized carbons (Fsp3) is 0.455. The van der Waals surface area contributed by atoms with Gasteiger partial charge >= 0.3 is 0 Å². The van der Waals surface area contributed by atoms with E-state index in [-0.39, 0.29) is 12.4 Å². The quantitative estimate of drug-likeness (QED) is 0.813. The molecule has 0 bridgehead atoms. The molecular weight excluding hydrogens is 198 g/mol. The van der Waals surface area contributed by atoms with Gasteiger partial charge in [0.1, 0.15) is 5.75 Å². The molecular formula is C11H16ClNO. The van der Waals surface area contributed by atoms with Gasteiger partial charge < -0.3 is 10.1 Å². The smallest absolute Gasteiger partial charge is 0.119 e. The van der Waals surface area contributed by atoms with Gasteiger partial charge in [0.05, 0.1) is 7.11 Å². The van der Waals surface area contributed by atoms with Crippen molar-refractivity contribution in [1.82, 2.24) is 5.32 Å². The average Bonchev–Trinajstić information content (AvgIpc) is 2.00. The predicted octanol–water partition coefficient (Wildman–Crippen LogP) is 2.11. The summed E-state index contributed by atoms with van der Waals surface area (Å²) < 4.78 is 5.23. The minimum Gasteiger partial charge on any atom is -0.497 e. The largest absolute Gasteiger partial charge is 0.497 e. The van der Waals surface area contributed by atoms with E-state index < -0.39 is 0 Å². The number of hydrogen-bond acceptors (Lipinski definition) is 2. The lowest BCUT2D eigenvalue weighted by Crippen LogP contribution is -2.39. The number of hydrogen-bond donors (Lipinski definition) is 1. The van der Waals surface area contributed by atoms with E-state index in [9.17, 15) is 0 Å². The highest BCUT2D eigenvalue weighted by atomic mass is 35.5. The number of nitrogens with one attached hydrogen (secondary N) is 1. The van der Waals surface area contributed by atoms with Crippen molar-refractivity contribution in [2.45, 2.75) is 12.8 Å². The van der Waals surface area contributed by atoms with Crippen LogP contribution in [0.2, 0.25) is 0 Å². The topological polar surface area (TPSA) is 21.3 Å². The molecule has 0 radical (unpaired) electrons. The molecule has 0 aliphatic carbocycles. The van der Waals surface area contributed by atoms with Crippen molar-refractivity contribution in [3.8, 4) is 5.75 Å². The molecule has 0 spiro atoms. The zero-order chi connectivity index (χ0) is 9.26. The van der Waals surface area contributed by atoms with Crippen molar-refractivity contribution < 1.29 is 4.74 Å². The van der Waals surface area contributed by atoms with Crippen LogP contribution in [0, 0.1) is 6.92 Å². The Morgan fingerprint density at radius 3 is 2.50 bits per heavy atom. The first-order valence-electron chi connectivity index (χ1n) is 4.66. The standard InChI is InChI=1S/C11H15NO.ClH/c1-8-3-9(10-6-12-7-10)5-11(4-8)13-2;/h3-5,10,12H,6-7H2,1-2H3;1H. The number of ether oxygens (including phenoxy) is 1. The molecule has 0 saturated carbocycles. The van der Waals surface area contributed by atoms with Gasteiger partial charge in [-0.2, -0.15) is 0 Å². The lowest BCUT2D eigenvalue weighted by molar-refractivity contribution is 0.409. The number of benzene rings is 1. The Balaban J connectivity index is 0.000000980. The van der Waals surface area contributed by atoms with E-state index in [1.54, 1.807) is 7.11 Å². The summed E-state index contributed by atoms with van der Waals surface area (Å²) >= 11 is 0. The monoisotopic (exact) mass is 213 g/mol. The van der Waals surface area contributed by atoms with Crippen molar-refractivity contribution in [2.24, 2.45) is 0 Å². The summed E-state index contributed by atoms with van der Waals surface area (Å²) in [5, 5.41) is 3.28. The molecule has 14 heavy (non-hydrogen) atoms. The van der Waals surface area contributed by atoms with Crippen LogP contribution in [-0.2, 0) is 0 Å². The molecule has 1 aromatic carbocycles. The van der Waals surface area contributed by atoms with Crippen LogP contribution < -0.4 is 10.1 Å². The van der Waals surface area contributed by atoms with Crippen LogP contribution in [0.3, 0.4) is 0 Å². The number of halogens is 1. The van der Waals surface area contributed by atoms with Gasteiger partial charge in [-0.3, -0.25) is 0 Å². The first kappa shape index (κ1) is 11.3. The maximum Gasteiger partial charge on any atom is 0.119 e. The number of aryl methyl sites for hydroxylation is 1. The van der Waals surface area contributed by atoms with Gasteiger partial charge in [0.2, 0.25) is 0 Å². The zero-order valence-corrected chi connectivity index (χ0v) is 9.36. The van der Waals surface area contributed by atoms with E-state index in [0.29, 0.717) is 5.92 Å². The molecule has 1 heterocycles. The van der Waals surface area contributed by atoms with E-state index in [2.05, 4.69) is 30.4 Å². The normalized spacial score (nSPS) is 15.6. The number of rotatable bonds is 2. The van der Waals surface area contributed by atoms with Gasteiger partial charge in [0, 0.05) is 19.0 Å².